The number of benzene rings is 2. The van der Waals surface area contributed by atoms with Gasteiger partial charge in [-0.1, -0.05) is 48.8 Å². The second-order valence-electron chi connectivity index (χ2n) is 9.09. The second kappa shape index (κ2) is 10.6. The zero-order valence-corrected chi connectivity index (χ0v) is 19.7. The number of likely N-dealkylation sites (tertiary alicyclic amines) is 1. The first-order chi connectivity index (χ1) is 16.8. The van der Waals surface area contributed by atoms with Crippen molar-refractivity contribution in [2.24, 2.45) is 0 Å². The van der Waals surface area contributed by atoms with Gasteiger partial charge in [0.1, 0.15) is 0 Å². The predicted octanol–water partition coefficient (Wildman–Crippen LogP) is 4.74. The fraction of sp³-hybridized carbons (Fsp3) is 0.300. The number of anilines is 1. The molecule has 5 rings (SSSR count). The van der Waals surface area contributed by atoms with Crippen LogP contribution in [0, 0.1) is 11.8 Å². The molecule has 0 aliphatic carbocycles. The summed E-state index contributed by atoms with van der Waals surface area (Å²) in [6.45, 7) is 11.0. The Balaban J connectivity index is 1.11. The van der Waals surface area contributed by atoms with Gasteiger partial charge >= 0.3 is 0 Å². The Bertz CT molecular complexity index is 1130. The van der Waals surface area contributed by atoms with Crippen LogP contribution in [0.25, 0.3) is 5.70 Å². The van der Waals surface area contributed by atoms with Crippen LogP contribution in [0.2, 0.25) is 0 Å². The summed E-state index contributed by atoms with van der Waals surface area (Å²) in [5.41, 5.74) is 5.68. The molecule has 2 aliphatic heterocycles. The van der Waals surface area contributed by atoms with Crippen molar-refractivity contribution in [3.05, 3.63) is 102 Å². The van der Waals surface area contributed by atoms with Gasteiger partial charge in [0, 0.05) is 80.2 Å². The summed E-state index contributed by atoms with van der Waals surface area (Å²) >= 11 is 0. The second-order valence-corrected chi connectivity index (χ2v) is 9.09. The lowest BCUT2D eigenvalue weighted by atomic mass is 10.00. The maximum Gasteiger partial charge on any atom is 0.0397 e. The molecule has 3 aromatic rings. The molecule has 0 amide bonds. The number of rotatable bonds is 4. The Labute approximate surface area is 203 Å². The molecule has 34 heavy (non-hydrogen) atoms. The van der Waals surface area contributed by atoms with Crippen molar-refractivity contribution < 1.29 is 0 Å². The van der Waals surface area contributed by atoms with Crippen LogP contribution in [-0.2, 0) is 0 Å². The predicted molar refractivity (Wildman–Crippen MR) is 141 cm³/mol. The number of aromatic nitrogens is 1. The molecule has 0 saturated carbocycles. The lowest BCUT2D eigenvalue weighted by Gasteiger charge is -2.44. The van der Waals surface area contributed by atoms with Gasteiger partial charge in [0.15, 0.2) is 0 Å². The number of piperazine rings is 1. The van der Waals surface area contributed by atoms with Gasteiger partial charge in [-0.2, -0.15) is 0 Å². The van der Waals surface area contributed by atoms with Gasteiger partial charge in [0.2, 0.25) is 0 Å². The lowest BCUT2D eigenvalue weighted by molar-refractivity contribution is 0.126. The molecule has 2 aromatic carbocycles. The molecule has 1 aromatic heterocycles. The summed E-state index contributed by atoms with van der Waals surface area (Å²) in [4.78, 5) is 11.8. The van der Waals surface area contributed by atoms with Gasteiger partial charge in [-0.3, -0.25) is 9.88 Å². The topological polar surface area (TPSA) is 22.6 Å². The summed E-state index contributed by atoms with van der Waals surface area (Å²) in [6, 6.07) is 23.5. The summed E-state index contributed by atoms with van der Waals surface area (Å²) in [5, 5.41) is 0. The third kappa shape index (κ3) is 5.32. The van der Waals surface area contributed by atoms with E-state index in [1.54, 1.807) is 0 Å². The number of piperidine rings is 1. The molecule has 0 N–H and O–H groups in total. The van der Waals surface area contributed by atoms with Crippen molar-refractivity contribution in [2.45, 2.75) is 18.9 Å². The van der Waals surface area contributed by atoms with Crippen LogP contribution in [0.15, 0.2) is 85.7 Å². The number of nitrogens with zero attached hydrogens (tertiary/aromatic N) is 4. The first-order valence-corrected chi connectivity index (χ1v) is 12.3. The van der Waals surface area contributed by atoms with Crippen molar-refractivity contribution >= 4 is 11.4 Å². The summed E-state index contributed by atoms with van der Waals surface area (Å²) in [6.07, 6.45) is 6.18. The van der Waals surface area contributed by atoms with E-state index in [1.807, 2.05) is 42.7 Å². The number of hydrogen-bond acceptors (Lipinski definition) is 4. The minimum absolute atomic E-state index is 0.680. The van der Waals surface area contributed by atoms with Crippen molar-refractivity contribution in [1.29, 1.82) is 0 Å². The molecule has 0 bridgehead atoms. The maximum absolute atomic E-state index is 4.42. The molecule has 4 nitrogen and oxygen atoms in total. The van der Waals surface area contributed by atoms with Gasteiger partial charge in [0.05, 0.1) is 0 Å². The minimum Gasteiger partial charge on any atom is -0.371 e. The Morgan fingerprint density at radius 1 is 0.735 bits per heavy atom. The van der Waals surface area contributed by atoms with Gasteiger partial charge in [-0.25, -0.2) is 0 Å². The zero-order chi connectivity index (χ0) is 23.2. The zero-order valence-electron chi connectivity index (χ0n) is 19.7. The summed E-state index contributed by atoms with van der Waals surface area (Å²) < 4.78 is 0. The smallest absolute Gasteiger partial charge is 0.0397 e. The normalized spacial score (nSPS) is 17.2. The van der Waals surface area contributed by atoms with Crippen LogP contribution >= 0.6 is 0 Å². The molecule has 3 heterocycles. The van der Waals surface area contributed by atoms with E-state index in [-0.39, 0.29) is 0 Å². The van der Waals surface area contributed by atoms with Crippen molar-refractivity contribution in [2.75, 3.05) is 44.2 Å². The van der Waals surface area contributed by atoms with Gasteiger partial charge in [-0.15, -0.1) is 0 Å². The highest BCUT2D eigenvalue weighted by atomic mass is 15.3. The average molecular weight is 449 g/mol. The Hall–Kier alpha value is -3.55. The van der Waals surface area contributed by atoms with Crippen LogP contribution in [0.5, 0.6) is 0 Å². The molecule has 0 atom stereocenters. The van der Waals surface area contributed by atoms with E-state index < -0.39 is 0 Å². The van der Waals surface area contributed by atoms with E-state index in [2.05, 4.69) is 74.5 Å². The summed E-state index contributed by atoms with van der Waals surface area (Å²) in [5.74, 6) is 6.48. The quantitative estimate of drug-likeness (QED) is 0.538. The highest BCUT2D eigenvalue weighted by Crippen LogP contribution is 2.26. The maximum atomic E-state index is 4.42. The van der Waals surface area contributed by atoms with Crippen LogP contribution in [0.3, 0.4) is 0 Å². The summed E-state index contributed by atoms with van der Waals surface area (Å²) in [7, 11) is 0. The van der Waals surface area contributed by atoms with E-state index in [1.165, 1.54) is 24.1 Å². The van der Waals surface area contributed by atoms with Gasteiger partial charge < -0.3 is 9.80 Å². The Kier molecular flexibility index (Phi) is 6.93. The van der Waals surface area contributed by atoms with Crippen LogP contribution < -0.4 is 4.90 Å². The lowest BCUT2D eigenvalue weighted by Crippen LogP contribution is -2.53. The standard InChI is InChI=1S/C30H32N4/c1-25(28-11-9-27(10-12-28)8-7-26-5-3-2-4-6-26)32-19-15-30(16-20-32)34-23-21-33(22-24-34)29-13-17-31-18-14-29/h2-6,9-14,17-18,30H,1,15-16,19-24H2. The molecule has 0 unspecified atom stereocenters. The average Bonchev–Trinajstić information content (AvgIpc) is 2.93. The first-order valence-electron chi connectivity index (χ1n) is 12.3. The third-order valence-electron chi connectivity index (χ3n) is 7.05. The van der Waals surface area contributed by atoms with E-state index in [9.17, 15) is 0 Å². The van der Waals surface area contributed by atoms with E-state index >= 15 is 0 Å². The third-order valence-corrected chi connectivity index (χ3v) is 7.05. The molecule has 2 saturated heterocycles. The highest BCUT2D eigenvalue weighted by Gasteiger charge is 2.28. The van der Waals surface area contributed by atoms with Crippen molar-refractivity contribution in [3.63, 3.8) is 0 Å². The SMILES string of the molecule is C=C(c1ccc(C#Cc2ccccc2)cc1)N1CCC(N2CCN(c3ccncc3)CC2)CC1. The van der Waals surface area contributed by atoms with Crippen molar-refractivity contribution in [1.82, 2.24) is 14.8 Å². The number of hydrogen-bond donors (Lipinski definition) is 0. The first kappa shape index (κ1) is 22.3. The molecular formula is C30H32N4. The van der Waals surface area contributed by atoms with E-state index in [0.29, 0.717) is 6.04 Å². The molecule has 4 heteroatoms. The van der Waals surface area contributed by atoms with Gasteiger partial charge in [-0.05, 0) is 54.8 Å². The van der Waals surface area contributed by atoms with Crippen LogP contribution in [-0.4, -0.2) is 60.1 Å². The molecule has 0 radical (unpaired) electrons. The van der Waals surface area contributed by atoms with Crippen molar-refractivity contribution in [3.8, 4) is 11.8 Å². The monoisotopic (exact) mass is 448 g/mol. The Morgan fingerprint density at radius 2 is 1.35 bits per heavy atom. The minimum atomic E-state index is 0.680. The van der Waals surface area contributed by atoms with E-state index in [0.717, 1.165) is 56.1 Å². The molecule has 2 aliphatic rings. The fourth-order valence-corrected chi connectivity index (χ4v) is 5.00. The Morgan fingerprint density at radius 3 is 2.00 bits per heavy atom. The molecule has 0 spiro atoms. The van der Waals surface area contributed by atoms with Gasteiger partial charge in [0.25, 0.3) is 0 Å². The highest BCUT2D eigenvalue weighted by molar-refractivity contribution is 5.63. The number of pyridine rings is 1. The molecular weight excluding hydrogens is 416 g/mol. The fourth-order valence-electron chi connectivity index (χ4n) is 5.00. The molecule has 172 valence electrons. The van der Waals surface area contributed by atoms with Crippen LogP contribution in [0.1, 0.15) is 29.5 Å². The van der Waals surface area contributed by atoms with Crippen LogP contribution in [0.4, 0.5) is 5.69 Å². The largest absolute Gasteiger partial charge is 0.371 e. The molecule has 2 fully saturated rings. The van der Waals surface area contributed by atoms with E-state index in [4.69, 9.17) is 0 Å².